The van der Waals surface area contributed by atoms with Crippen molar-refractivity contribution in [3.05, 3.63) is 76.2 Å². The average Bonchev–Trinajstić information content (AvgIpc) is 3.14. The van der Waals surface area contributed by atoms with Crippen LogP contribution in [0.1, 0.15) is 12.8 Å². The largest absolute Gasteiger partial charge is 0.368 e. The molecule has 0 aliphatic carbocycles. The van der Waals surface area contributed by atoms with Crippen molar-refractivity contribution in [1.82, 2.24) is 19.8 Å². The standard InChI is InChI=1S/C24H28ClN5O3S/c25-24-22(29-14-5-11-26-13-16-29)18-23(31)30(28-24)15-6-12-27-34(32,33)21-10-4-9-20(17-21)19-7-2-1-3-8-19/h1-4,7-10,17-18,26-27H,5-6,11-16H2. The predicted octanol–water partition coefficient (Wildman–Crippen LogP) is 2.73. The maximum Gasteiger partial charge on any atom is 0.268 e. The van der Waals surface area contributed by atoms with Crippen molar-refractivity contribution in [3.63, 3.8) is 0 Å². The van der Waals surface area contributed by atoms with Crippen LogP contribution in [0.15, 0.2) is 70.4 Å². The number of aryl methyl sites for hydroxylation is 1. The fourth-order valence-corrected chi connectivity index (χ4v) is 5.30. The first kappa shape index (κ1) is 24.4. The van der Waals surface area contributed by atoms with E-state index in [4.69, 9.17) is 11.6 Å². The lowest BCUT2D eigenvalue weighted by Crippen LogP contribution is -2.32. The Morgan fingerprint density at radius 3 is 2.62 bits per heavy atom. The molecule has 34 heavy (non-hydrogen) atoms. The normalized spacial score (nSPS) is 14.7. The molecule has 0 amide bonds. The van der Waals surface area contributed by atoms with Gasteiger partial charge >= 0.3 is 0 Å². The van der Waals surface area contributed by atoms with Crippen LogP contribution in [0.4, 0.5) is 5.69 Å². The molecular weight excluding hydrogens is 474 g/mol. The molecule has 1 fully saturated rings. The molecule has 3 aromatic rings. The molecule has 1 aliphatic heterocycles. The van der Waals surface area contributed by atoms with Gasteiger partial charge < -0.3 is 10.2 Å². The molecule has 0 unspecified atom stereocenters. The van der Waals surface area contributed by atoms with Gasteiger partial charge in [0.15, 0.2) is 5.15 Å². The molecule has 180 valence electrons. The first-order chi connectivity index (χ1) is 16.4. The minimum atomic E-state index is -3.68. The molecular formula is C24H28ClN5O3S. The molecule has 2 aromatic carbocycles. The van der Waals surface area contributed by atoms with Crippen LogP contribution in [0.2, 0.25) is 5.15 Å². The molecule has 0 spiro atoms. The van der Waals surface area contributed by atoms with Gasteiger partial charge in [-0.1, -0.05) is 54.1 Å². The van der Waals surface area contributed by atoms with Crippen molar-refractivity contribution in [3.8, 4) is 11.1 Å². The fourth-order valence-electron chi connectivity index (χ4n) is 3.92. The second-order valence-electron chi connectivity index (χ2n) is 8.12. The summed E-state index contributed by atoms with van der Waals surface area (Å²) in [6.45, 7) is 3.76. The number of hydrogen-bond acceptors (Lipinski definition) is 6. The van der Waals surface area contributed by atoms with E-state index < -0.39 is 10.0 Å². The summed E-state index contributed by atoms with van der Waals surface area (Å²) < 4.78 is 29.4. The van der Waals surface area contributed by atoms with Gasteiger partial charge in [-0.2, -0.15) is 5.10 Å². The molecule has 4 rings (SSSR count). The Bertz CT molecular complexity index is 1270. The van der Waals surface area contributed by atoms with E-state index in [0.29, 0.717) is 12.1 Å². The second-order valence-corrected chi connectivity index (χ2v) is 10.2. The van der Waals surface area contributed by atoms with Crippen LogP contribution < -0.4 is 20.5 Å². The van der Waals surface area contributed by atoms with E-state index in [0.717, 1.165) is 43.7 Å². The van der Waals surface area contributed by atoms with Crippen LogP contribution in [0.3, 0.4) is 0 Å². The Balaban J connectivity index is 1.37. The van der Waals surface area contributed by atoms with Gasteiger partial charge in [0.05, 0.1) is 10.6 Å². The van der Waals surface area contributed by atoms with Crippen LogP contribution in [-0.4, -0.2) is 50.9 Å². The quantitative estimate of drug-likeness (QED) is 0.461. The molecule has 2 N–H and O–H groups in total. The monoisotopic (exact) mass is 501 g/mol. The first-order valence-corrected chi connectivity index (χ1v) is 13.2. The van der Waals surface area contributed by atoms with Crippen LogP contribution in [0.25, 0.3) is 11.1 Å². The smallest absolute Gasteiger partial charge is 0.268 e. The number of halogens is 1. The number of hydrogen-bond donors (Lipinski definition) is 2. The van der Waals surface area contributed by atoms with E-state index in [1.54, 1.807) is 18.2 Å². The number of anilines is 1. The topological polar surface area (TPSA) is 96.3 Å². The third kappa shape index (κ3) is 6.04. The van der Waals surface area contributed by atoms with Crippen LogP contribution in [-0.2, 0) is 16.6 Å². The summed E-state index contributed by atoms with van der Waals surface area (Å²) in [5, 5.41) is 7.84. The van der Waals surface area contributed by atoms with Crippen molar-refractivity contribution in [2.24, 2.45) is 0 Å². The number of nitrogens with zero attached hydrogens (tertiary/aromatic N) is 3. The molecule has 10 heteroatoms. The van der Waals surface area contributed by atoms with Gasteiger partial charge in [0.25, 0.3) is 5.56 Å². The lowest BCUT2D eigenvalue weighted by Gasteiger charge is -2.23. The Kier molecular flexibility index (Phi) is 7.99. The van der Waals surface area contributed by atoms with Gasteiger partial charge in [-0.25, -0.2) is 17.8 Å². The zero-order valence-electron chi connectivity index (χ0n) is 18.8. The molecule has 0 saturated carbocycles. The summed E-state index contributed by atoms with van der Waals surface area (Å²) >= 11 is 6.37. The molecule has 1 saturated heterocycles. The number of aromatic nitrogens is 2. The van der Waals surface area contributed by atoms with Crippen LogP contribution in [0, 0.1) is 0 Å². The van der Waals surface area contributed by atoms with Crippen molar-refractivity contribution in [2.75, 3.05) is 37.6 Å². The summed E-state index contributed by atoms with van der Waals surface area (Å²) in [6, 6.07) is 17.9. The number of rotatable bonds is 8. The van der Waals surface area contributed by atoms with E-state index >= 15 is 0 Å². The highest BCUT2D eigenvalue weighted by Crippen LogP contribution is 2.23. The van der Waals surface area contributed by atoms with Gasteiger partial charge in [0, 0.05) is 38.8 Å². The summed E-state index contributed by atoms with van der Waals surface area (Å²) in [5.41, 5.74) is 2.16. The van der Waals surface area contributed by atoms with E-state index in [1.807, 2.05) is 36.4 Å². The number of sulfonamides is 1. The van der Waals surface area contributed by atoms with Crippen molar-refractivity contribution in [2.45, 2.75) is 24.3 Å². The molecule has 8 nitrogen and oxygen atoms in total. The highest BCUT2D eigenvalue weighted by Gasteiger charge is 2.17. The summed E-state index contributed by atoms with van der Waals surface area (Å²) in [4.78, 5) is 14.8. The SMILES string of the molecule is O=c1cc(N2CCCNCC2)c(Cl)nn1CCCNS(=O)(=O)c1cccc(-c2ccccc2)c1. The van der Waals surface area contributed by atoms with Gasteiger partial charge in [-0.15, -0.1) is 0 Å². The van der Waals surface area contributed by atoms with E-state index in [2.05, 4.69) is 20.0 Å². The highest BCUT2D eigenvalue weighted by atomic mass is 35.5. The predicted molar refractivity (Wildman–Crippen MR) is 135 cm³/mol. The zero-order chi connectivity index (χ0) is 24.0. The molecule has 1 aliphatic rings. The van der Waals surface area contributed by atoms with Gasteiger partial charge in [0.2, 0.25) is 10.0 Å². The maximum absolute atomic E-state index is 12.8. The van der Waals surface area contributed by atoms with Gasteiger partial charge in [0.1, 0.15) is 0 Å². The third-order valence-electron chi connectivity index (χ3n) is 5.71. The van der Waals surface area contributed by atoms with Crippen molar-refractivity contribution >= 4 is 27.3 Å². The lowest BCUT2D eigenvalue weighted by atomic mass is 10.1. The Hall–Kier alpha value is -2.72. The summed E-state index contributed by atoms with van der Waals surface area (Å²) in [7, 11) is -3.68. The van der Waals surface area contributed by atoms with E-state index in [9.17, 15) is 13.2 Å². The molecule has 0 radical (unpaired) electrons. The first-order valence-electron chi connectivity index (χ1n) is 11.3. The van der Waals surface area contributed by atoms with Crippen LogP contribution >= 0.6 is 11.6 Å². The maximum atomic E-state index is 12.8. The van der Waals surface area contributed by atoms with Crippen molar-refractivity contribution in [1.29, 1.82) is 0 Å². The average molecular weight is 502 g/mol. The van der Waals surface area contributed by atoms with E-state index in [1.165, 1.54) is 10.7 Å². The Labute approximate surface area is 204 Å². The lowest BCUT2D eigenvalue weighted by molar-refractivity contribution is 0.534. The fraction of sp³-hybridized carbons (Fsp3) is 0.333. The zero-order valence-corrected chi connectivity index (χ0v) is 20.4. The number of benzene rings is 2. The second kappa shape index (κ2) is 11.1. The molecule has 1 aromatic heterocycles. The minimum absolute atomic E-state index is 0.170. The van der Waals surface area contributed by atoms with Crippen LogP contribution in [0.5, 0.6) is 0 Å². The Morgan fingerprint density at radius 2 is 1.79 bits per heavy atom. The highest BCUT2D eigenvalue weighted by molar-refractivity contribution is 7.89. The number of nitrogens with one attached hydrogen (secondary N) is 2. The van der Waals surface area contributed by atoms with Crippen molar-refractivity contribution < 1.29 is 8.42 Å². The van der Waals surface area contributed by atoms with Gasteiger partial charge in [-0.3, -0.25) is 4.79 Å². The van der Waals surface area contributed by atoms with Gasteiger partial charge in [-0.05, 0) is 42.6 Å². The minimum Gasteiger partial charge on any atom is -0.368 e. The summed E-state index contributed by atoms with van der Waals surface area (Å²) in [5.74, 6) is 0. The molecule has 0 bridgehead atoms. The molecule has 2 heterocycles. The van der Waals surface area contributed by atoms with E-state index in [-0.39, 0.29) is 28.7 Å². The third-order valence-corrected chi connectivity index (χ3v) is 7.43. The Morgan fingerprint density at radius 1 is 1.00 bits per heavy atom. The molecule has 0 atom stereocenters. The summed E-state index contributed by atoms with van der Waals surface area (Å²) in [6.07, 6.45) is 1.36.